The number of carbonyl (C=O) groups excluding carboxylic acids is 1. The molecule has 8 heteroatoms. The van der Waals surface area contributed by atoms with Crippen molar-refractivity contribution in [3.05, 3.63) is 59.3 Å². The Morgan fingerprint density at radius 3 is 2.41 bits per heavy atom. The molecule has 1 aromatic carbocycles. The molecule has 1 aliphatic heterocycles. The Labute approximate surface area is 172 Å². The second-order valence-electron chi connectivity index (χ2n) is 7.60. The van der Waals surface area contributed by atoms with E-state index in [1.807, 2.05) is 12.1 Å². The monoisotopic (exact) mass is 416 g/mol. The summed E-state index contributed by atoms with van der Waals surface area (Å²) < 4.78 is 26.6. The summed E-state index contributed by atoms with van der Waals surface area (Å²) in [5.74, 6) is 0.515. The van der Waals surface area contributed by atoms with Gasteiger partial charge >= 0.3 is 0 Å². The van der Waals surface area contributed by atoms with Gasteiger partial charge in [0.05, 0.1) is 11.3 Å². The van der Waals surface area contributed by atoms with E-state index in [1.165, 1.54) is 0 Å². The van der Waals surface area contributed by atoms with Crippen LogP contribution in [0.3, 0.4) is 0 Å². The SMILES string of the molecule is CC(C)NS(=O)(=O)Cc1ccc(CNC(=O)c2cccnc2N2CCCC2)cc1. The highest BCUT2D eigenvalue weighted by Gasteiger charge is 2.20. The van der Waals surface area contributed by atoms with Gasteiger partial charge in [0.2, 0.25) is 10.0 Å². The smallest absolute Gasteiger partial charge is 0.255 e. The molecule has 1 aromatic heterocycles. The van der Waals surface area contributed by atoms with Crippen LogP contribution in [0.15, 0.2) is 42.6 Å². The van der Waals surface area contributed by atoms with Gasteiger partial charge in [-0.1, -0.05) is 24.3 Å². The molecule has 0 aliphatic carbocycles. The standard InChI is InChI=1S/C21H28N4O3S/c1-16(2)24-29(27,28)15-18-9-7-17(8-10-18)14-23-21(26)19-6-5-11-22-20(19)25-12-3-4-13-25/h5-11,16,24H,3-4,12-15H2,1-2H3,(H,23,26). The zero-order chi connectivity index (χ0) is 20.9. The van der Waals surface area contributed by atoms with Gasteiger partial charge in [0, 0.05) is 31.9 Å². The normalized spacial score (nSPS) is 14.4. The molecule has 0 unspecified atom stereocenters. The predicted octanol–water partition coefficient (Wildman–Crippen LogP) is 2.44. The number of aromatic nitrogens is 1. The largest absolute Gasteiger partial charge is 0.356 e. The fourth-order valence-corrected chi connectivity index (χ4v) is 4.84. The van der Waals surface area contributed by atoms with Crippen molar-refractivity contribution in [3.8, 4) is 0 Å². The maximum Gasteiger partial charge on any atom is 0.255 e. The highest BCUT2D eigenvalue weighted by Crippen LogP contribution is 2.22. The van der Waals surface area contributed by atoms with Crippen LogP contribution in [-0.4, -0.2) is 38.4 Å². The van der Waals surface area contributed by atoms with Crippen molar-refractivity contribution in [2.24, 2.45) is 0 Å². The van der Waals surface area contributed by atoms with E-state index in [-0.39, 0.29) is 17.7 Å². The first-order valence-electron chi connectivity index (χ1n) is 9.90. The lowest BCUT2D eigenvalue weighted by Crippen LogP contribution is -2.31. The number of amides is 1. The minimum Gasteiger partial charge on any atom is -0.356 e. The third kappa shape index (κ3) is 6.01. The summed E-state index contributed by atoms with van der Waals surface area (Å²) >= 11 is 0. The zero-order valence-electron chi connectivity index (χ0n) is 16.9. The van der Waals surface area contributed by atoms with Gasteiger partial charge < -0.3 is 10.2 Å². The van der Waals surface area contributed by atoms with E-state index >= 15 is 0 Å². The predicted molar refractivity (Wildman–Crippen MR) is 114 cm³/mol. The van der Waals surface area contributed by atoms with Gasteiger partial charge in [-0.2, -0.15) is 0 Å². The molecule has 1 saturated heterocycles. The fourth-order valence-electron chi connectivity index (χ4n) is 3.41. The molecule has 2 heterocycles. The number of rotatable bonds is 8. The second kappa shape index (κ2) is 9.37. The number of anilines is 1. The summed E-state index contributed by atoms with van der Waals surface area (Å²) in [6, 6.07) is 10.7. The molecule has 2 N–H and O–H groups in total. The molecular formula is C21H28N4O3S. The highest BCUT2D eigenvalue weighted by molar-refractivity contribution is 7.88. The summed E-state index contributed by atoms with van der Waals surface area (Å²) in [5.41, 5.74) is 2.19. The van der Waals surface area contributed by atoms with Crippen LogP contribution in [0.5, 0.6) is 0 Å². The van der Waals surface area contributed by atoms with Crippen molar-refractivity contribution in [1.29, 1.82) is 0 Å². The van der Waals surface area contributed by atoms with E-state index in [9.17, 15) is 13.2 Å². The molecule has 29 heavy (non-hydrogen) atoms. The minimum absolute atomic E-state index is 0.0628. The quantitative estimate of drug-likeness (QED) is 0.690. The molecule has 1 fully saturated rings. The van der Waals surface area contributed by atoms with Gasteiger partial charge in [-0.15, -0.1) is 0 Å². The minimum atomic E-state index is -3.35. The Balaban J connectivity index is 1.60. The van der Waals surface area contributed by atoms with Crippen molar-refractivity contribution in [3.63, 3.8) is 0 Å². The molecule has 1 aliphatic rings. The number of nitrogens with zero attached hydrogens (tertiary/aromatic N) is 2. The molecule has 7 nitrogen and oxygen atoms in total. The fraction of sp³-hybridized carbons (Fsp3) is 0.429. The summed E-state index contributed by atoms with van der Waals surface area (Å²) in [5, 5.41) is 2.94. The van der Waals surface area contributed by atoms with Crippen LogP contribution >= 0.6 is 0 Å². The first-order chi connectivity index (χ1) is 13.8. The summed E-state index contributed by atoms with van der Waals surface area (Å²) in [6.45, 7) is 5.80. The summed E-state index contributed by atoms with van der Waals surface area (Å²) in [4.78, 5) is 19.2. The summed E-state index contributed by atoms with van der Waals surface area (Å²) in [7, 11) is -3.35. The number of benzene rings is 1. The Hall–Kier alpha value is -2.45. The van der Waals surface area contributed by atoms with Gasteiger partial charge in [-0.3, -0.25) is 4.79 Å². The van der Waals surface area contributed by atoms with Gasteiger partial charge in [0.1, 0.15) is 5.82 Å². The van der Waals surface area contributed by atoms with E-state index in [0.717, 1.165) is 37.3 Å². The Morgan fingerprint density at radius 2 is 1.76 bits per heavy atom. The number of hydrogen-bond acceptors (Lipinski definition) is 5. The molecule has 0 atom stereocenters. The number of nitrogens with one attached hydrogen (secondary N) is 2. The third-order valence-corrected chi connectivity index (χ3v) is 6.23. The lowest BCUT2D eigenvalue weighted by molar-refractivity contribution is 0.0951. The van der Waals surface area contributed by atoms with Gasteiger partial charge in [-0.05, 0) is 49.9 Å². The average molecular weight is 417 g/mol. The number of carbonyl (C=O) groups is 1. The molecule has 0 spiro atoms. The van der Waals surface area contributed by atoms with E-state index in [2.05, 4.69) is 19.9 Å². The summed E-state index contributed by atoms with van der Waals surface area (Å²) in [6.07, 6.45) is 3.95. The molecule has 0 bridgehead atoms. The lowest BCUT2D eigenvalue weighted by Gasteiger charge is -2.19. The second-order valence-corrected chi connectivity index (χ2v) is 9.35. The third-order valence-electron chi connectivity index (χ3n) is 4.68. The zero-order valence-corrected chi connectivity index (χ0v) is 17.7. The van der Waals surface area contributed by atoms with Crippen LogP contribution in [0.4, 0.5) is 5.82 Å². The Kier molecular flexibility index (Phi) is 6.87. The highest BCUT2D eigenvalue weighted by atomic mass is 32.2. The van der Waals surface area contributed by atoms with Gasteiger partial charge in [0.25, 0.3) is 5.91 Å². The van der Waals surface area contributed by atoms with Crippen LogP contribution in [0.25, 0.3) is 0 Å². The average Bonchev–Trinajstić information content (AvgIpc) is 3.20. The lowest BCUT2D eigenvalue weighted by atomic mass is 10.1. The van der Waals surface area contributed by atoms with Gasteiger partial charge in [-0.25, -0.2) is 18.1 Å². The van der Waals surface area contributed by atoms with Crippen molar-refractivity contribution in [2.75, 3.05) is 18.0 Å². The van der Waals surface area contributed by atoms with Crippen molar-refractivity contribution < 1.29 is 13.2 Å². The molecule has 1 amide bonds. The van der Waals surface area contributed by atoms with Crippen LogP contribution in [0, 0.1) is 0 Å². The van der Waals surface area contributed by atoms with Crippen molar-refractivity contribution in [1.82, 2.24) is 15.0 Å². The first-order valence-corrected chi connectivity index (χ1v) is 11.6. The number of sulfonamides is 1. The topological polar surface area (TPSA) is 91.4 Å². The van der Waals surface area contributed by atoms with E-state index in [0.29, 0.717) is 17.7 Å². The van der Waals surface area contributed by atoms with Crippen LogP contribution < -0.4 is 14.9 Å². The Bertz CT molecular complexity index is 937. The van der Waals surface area contributed by atoms with Crippen LogP contribution in [-0.2, 0) is 22.3 Å². The maximum atomic E-state index is 12.7. The van der Waals surface area contributed by atoms with Gasteiger partial charge in [0.15, 0.2) is 0 Å². The van der Waals surface area contributed by atoms with E-state index in [4.69, 9.17) is 0 Å². The Morgan fingerprint density at radius 1 is 1.10 bits per heavy atom. The molecule has 0 radical (unpaired) electrons. The number of hydrogen-bond donors (Lipinski definition) is 2. The van der Waals surface area contributed by atoms with Crippen LogP contribution in [0.2, 0.25) is 0 Å². The van der Waals surface area contributed by atoms with Crippen molar-refractivity contribution >= 4 is 21.7 Å². The maximum absolute atomic E-state index is 12.7. The van der Waals surface area contributed by atoms with Crippen molar-refractivity contribution in [2.45, 2.75) is 45.0 Å². The first kappa shape index (κ1) is 21.3. The molecule has 3 rings (SSSR count). The van der Waals surface area contributed by atoms with E-state index < -0.39 is 10.0 Å². The molecule has 156 valence electrons. The van der Waals surface area contributed by atoms with E-state index in [1.54, 1.807) is 44.3 Å². The van der Waals surface area contributed by atoms with Crippen LogP contribution in [0.1, 0.15) is 48.2 Å². The number of pyridine rings is 1. The molecular weight excluding hydrogens is 388 g/mol. The molecule has 2 aromatic rings. The molecule has 0 saturated carbocycles.